The third-order valence-corrected chi connectivity index (χ3v) is 4.43. The molecule has 1 atom stereocenters. The van der Waals surface area contributed by atoms with Crippen molar-refractivity contribution in [1.82, 2.24) is 14.3 Å². The fourth-order valence-corrected chi connectivity index (χ4v) is 3.36. The molecule has 0 saturated carbocycles. The van der Waals surface area contributed by atoms with E-state index in [4.69, 9.17) is 11.6 Å². The largest absolute Gasteiger partial charge is 0.302 e. The zero-order valence-corrected chi connectivity index (χ0v) is 12.5. The van der Waals surface area contributed by atoms with Crippen molar-refractivity contribution in [3.8, 4) is 0 Å². The Hall–Kier alpha value is -1.06. The lowest BCUT2D eigenvalue weighted by atomic mass is 10.1. The van der Waals surface area contributed by atoms with Crippen LogP contribution in [0.5, 0.6) is 0 Å². The summed E-state index contributed by atoms with van der Waals surface area (Å²) in [7, 11) is 0. The monoisotopic (exact) mass is 277 g/mol. The molecule has 3 heterocycles. The summed E-state index contributed by atoms with van der Waals surface area (Å²) in [6.07, 6.45) is 3.25. The predicted molar refractivity (Wildman–Crippen MR) is 79.0 cm³/mol. The Bertz CT molecular complexity index is 603. The Balaban J connectivity index is 2.01. The first-order valence-electron chi connectivity index (χ1n) is 6.95. The van der Waals surface area contributed by atoms with Gasteiger partial charge < -0.3 is 9.30 Å². The number of likely N-dealkylation sites (tertiary alicyclic amines) is 1. The topological polar surface area (TPSA) is 20.5 Å². The van der Waals surface area contributed by atoms with Crippen molar-refractivity contribution in [1.29, 1.82) is 0 Å². The number of rotatable bonds is 2. The smallest absolute Gasteiger partial charge is 0.155 e. The highest BCUT2D eigenvalue weighted by Gasteiger charge is 2.29. The molecule has 3 rings (SSSR count). The van der Waals surface area contributed by atoms with E-state index in [2.05, 4.69) is 53.4 Å². The Kier molecular flexibility index (Phi) is 3.27. The van der Waals surface area contributed by atoms with Gasteiger partial charge in [-0.25, -0.2) is 4.98 Å². The van der Waals surface area contributed by atoms with E-state index in [-0.39, 0.29) is 0 Å². The minimum atomic E-state index is 0.490. The van der Waals surface area contributed by atoms with Crippen LogP contribution in [-0.4, -0.2) is 33.4 Å². The van der Waals surface area contributed by atoms with Gasteiger partial charge in [0.1, 0.15) is 5.82 Å². The lowest BCUT2D eigenvalue weighted by molar-refractivity contribution is 0.272. The van der Waals surface area contributed by atoms with E-state index in [1.165, 1.54) is 12.0 Å². The van der Waals surface area contributed by atoms with Gasteiger partial charge in [0.2, 0.25) is 0 Å². The average Bonchev–Trinajstić information content (AvgIpc) is 2.95. The molecule has 0 aliphatic carbocycles. The highest BCUT2D eigenvalue weighted by Crippen LogP contribution is 2.31. The van der Waals surface area contributed by atoms with Gasteiger partial charge in [0.15, 0.2) is 5.15 Å². The van der Waals surface area contributed by atoms with Gasteiger partial charge in [0, 0.05) is 24.7 Å². The predicted octanol–water partition coefficient (Wildman–Crippen LogP) is 3.49. The molecule has 3 nitrogen and oxygen atoms in total. The maximum atomic E-state index is 6.31. The number of fused-ring (bicyclic) bond motifs is 1. The standard InChI is InChI=1S/C15H20ClN3/c1-10(2)18-8-6-12(9-18)15-17-14(16)13-11(3)5-4-7-19(13)15/h4-5,7,10,12H,6,8-9H2,1-3H3. The van der Waals surface area contributed by atoms with Crippen LogP contribution in [0.15, 0.2) is 18.3 Å². The van der Waals surface area contributed by atoms with Gasteiger partial charge in [0.25, 0.3) is 0 Å². The minimum Gasteiger partial charge on any atom is -0.302 e. The molecular weight excluding hydrogens is 258 g/mol. The summed E-state index contributed by atoms with van der Waals surface area (Å²) >= 11 is 6.31. The van der Waals surface area contributed by atoms with Gasteiger partial charge in [-0.05, 0) is 45.4 Å². The van der Waals surface area contributed by atoms with Gasteiger partial charge >= 0.3 is 0 Å². The van der Waals surface area contributed by atoms with Gasteiger partial charge in [-0.3, -0.25) is 0 Å². The van der Waals surface area contributed by atoms with Crippen LogP contribution in [0.2, 0.25) is 5.15 Å². The number of aromatic nitrogens is 2. The van der Waals surface area contributed by atoms with Crippen molar-refractivity contribution in [2.24, 2.45) is 0 Å². The molecule has 0 spiro atoms. The summed E-state index contributed by atoms with van der Waals surface area (Å²) in [6.45, 7) is 8.83. The number of aryl methyl sites for hydroxylation is 1. The maximum Gasteiger partial charge on any atom is 0.155 e. The first-order chi connectivity index (χ1) is 9.08. The number of hydrogen-bond donors (Lipinski definition) is 0. The lowest BCUT2D eigenvalue weighted by Gasteiger charge is -2.19. The molecular formula is C15H20ClN3. The van der Waals surface area contributed by atoms with Crippen molar-refractivity contribution in [3.63, 3.8) is 0 Å². The Morgan fingerprint density at radius 3 is 2.89 bits per heavy atom. The lowest BCUT2D eigenvalue weighted by Crippen LogP contribution is -2.28. The number of imidazole rings is 1. The molecule has 1 unspecified atom stereocenters. The van der Waals surface area contributed by atoms with Crippen LogP contribution < -0.4 is 0 Å². The molecule has 1 aliphatic rings. The molecule has 0 N–H and O–H groups in total. The van der Waals surface area contributed by atoms with Gasteiger partial charge in [-0.1, -0.05) is 17.7 Å². The molecule has 2 aromatic rings. The molecule has 102 valence electrons. The van der Waals surface area contributed by atoms with E-state index in [1.807, 2.05) is 0 Å². The van der Waals surface area contributed by atoms with Crippen LogP contribution in [0.1, 0.15) is 37.6 Å². The van der Waals surface area contributed by atoms with Crippen LogP contribution in [-0.2, 0) is 0 Å². The molecule has 0 radical (unpaired) electrons. The summed E-state index contributed by atoms with van der Waals surface area (Å²) in [5, 5.41) is 0.635. The maximum absolute atomic E-state index is 6.31. The Labute approximate surface area is 119 Å². The molecule has 19 heavy (non-hydrogen) atoms. The van der Waals surface area contributed by atoms with Crippen LogP contribution in [0, 0.1) is 6.92 Å². The molecule has 4 heteroatoms. The zero-order chi connectivity index (χ0) is 13.6. The fraction of sp³-hybridized carbons (Fsp3) is 0.533. The molecule has 0 amide bonds. The van der Waals surface area contributed by atoms with Crippen molar-refractivity contribution < 1.29 is 0 Å². The highest BCUT2D eigenvalue weighted by molar-refractivity contribution is 6.32. The number of nitrogens with zero attached hydrogens (tertiary/aromatic N) is 3. The summed E-state index contributed by atoms with van der Waals surface area (Å²) in [5.74, 6) is 1.61. The Morgan fingerprint density at radius 2 is 2.21 bits per heavy atom. The Morgan fingerprint density at radius 1 is 1.42 bits per heavy atom. The van der Waals surface area contributed by atoms with Crippen LogP contribution in [0.3, 0.4) is 0 Å². The van der Waals surface area contributed by atoms with Crippen LogP contribution >= 0.6 is 11.6 Å². The third kappa shape index (κ3) is 2.15. The minimum absolute atomic E-state index is 0.490. The van der Waals surface area contributed by atoms with Gasteiger partial charge in [-0.2, -0.15) is 0 Å². The SMILES string of the molecule is Cc1cccn2c(C3CCN(C(C)C)C3)nc(Cl)c12. The third-order valence-electron chi connectivity index (χ3n) is 4.17. The van der Waals surface area contributed by atoms with Crippen molar-refractivity contribution in [3.05, 3.63) is 34.9 Å². The molecule has 0 bridgehead atoms. The molecule has 1 aliphatic heterocycles. The highest BCUT2D eigenvalue weighted by atomic mass is 35.5. The van der Waals surface area contributed by atoms with Gasteiger partial charge in [0.05, 0.1) is 5.52 Å². The molecule has 1 fully saturated rings. The van der Waals surface area contributed by atoms with Gasteiger partial charge in [-0.15, -0.1) is 0 Å². The summed E-state index contributed by atoms with van der Waals surface area (Å²) in [6, 6.07) is 4.76. The van der Waals surface area contributed by atoms with E-state index < -0.39 is 0 Å². The molecule has 0 aromatic carbocycles. The summed E-state index contributed by atoms with van der Waals surface area (Å²) < 4.78 is 2.17. The second kappa shape index (κ2) is 4.80. The average molecular weight is 278 g/mol. The first kappa shape index (κ1) is 12.9. The fourth-order valence-electron chi connectivity index (χ4n) is 3.03. The number of pyridine rings is 1. The summed E-state index contributed by atoms with van der Waals surface area (Å²) in [4.78, 5) is 7.14. The zero-order valence-electron chi connectivity index (χ0n) is 11.7. The van der Waals surface area contributed by atoms with E-state index >= 15 is 0 Å². The number of halogens is 1. The first-order valence-corrected chi connectivity index (χ1v) is 7.33. The van der Waals surface area contributed by atoms with E-state index in [9.17, 15) is 0 Å². The van der Waals surface area contributed by atoms with Crippen molar-refractivity contribution >= 4 is 17.1 Å². The molecule has 1 saturated heterocycles. The second-order valence-electron chi connectivity index (χ2n) is 5.74. The van der Waals surface area contributed by atoms with Crippen molar-refractivity contribution in [2.75, 3.05) is 13.1 Å². The normalized spacial score (nSPS) is 20.8. The van der Waals surface area contributed by atoms with E-state index in [0.717, 1.165) is 24.4 Å². The van der Waals surface area contributed by atoms with E-state index in [0.29, 0.717) is 17.1 Å². The van der Waals surface area contributed by atoms with Crippen molar-refractivity contribution in [2.45, 2.75) is 39.2 Å². The van der Waals surface area contributed by atoms with Crippen LogP contribution in [0.25, 0.3) is 5.52 Å². The second-order valence-corrected chi connectivity index (χ2v) is 6.10. The van der Waals surface area contributed by atoms with E-state index in [1.54, 1.807) is 0 Å². The number of hydrogen-bond acceptors (Lipinski definition) is 2. The summed E-state index contributed by atoms with van der Waals surface area (Å²) in [5.41, 5.74) is 2.24. The van der Waals surface area contributed by atoms with Crippen LogP contribution in [0.4, 0.5) is 0 Å². The quantitative estimate of drug-likeness (QED) is 0.838. The molecule has 2 aromatic heterocycles.